The zero-order valence-corrected chi connectivity index (χ0v) is 15.1. The van der Waals surface area contributed by atoms with E-state index in [9.17, 15) is 17.2 Å². The van der Waals surface area contributed by atoms with E-state index in [0.717, 1.165) is 22.5 Å². The third-order valence-electron chi connectivity index (χ3n) is 3.79. The number of hydrogen-bond acceptors (Lipinski definition) is 3. The van der Waals surface area contributed by atoms with Crippen molar-refractivity contribution in [2.45, 2.75) is 6.42 Å². The molecule has 2 aromatic carbocycles. The molecule has 9 heteroatoms. The largest absolute Gasteiger partial charge is 0.331 e. The Morgan fingerprint density at radius 3 is 2.40 bits per heavy atom. The van der Waals surface area contributed by atoms with Gasteiger partial charge < -0.3 is 5.32 Å². The van der Waals surface area contributed by atoms with Crippen LogP contribution < -0.4 is 13.9 Å². The van der Waals surface area contributed by atoms with Gasteiger partial charge in [0.2, 0.25) is 0 Å². The first-order valence-electron chi connectivity index (χ1n) is 7.48. The van der Waals surface area contributed by atoms with Gasteiger partial charge in [0.05, 0.1) is 17.1 Å². The minimum atomic E-state index is -4.03. The summed E-state index contributed by atoms with van der Waals surface area (Å²) in [7, 11) is -2.25. The normalized spacial score (nSPS) is 15.0. The van der Waals surface area contributed by atoms with Crippen LogP contribution in [0.2, 0.25) is 0 Å². The fourth-order valence-electron chi connectivity index (χ4n) is 2.72. The summed E-state index contributed by atoms with van der Waals surface area (Å²) in [5, 5.41) is 2.96. The van der Waals surface area contributed by atoms with Crippen LogP contribution >= 0.6 is 12.4 Å². The molecule has 1 N–H and O–H groups in total. The lowest BCUT2D eigenvalue weighted by atomic mass is 10.2. The first kappa shape index (κ1) is 19.4. The Labute approximate surface area is 151 Å². The van der Waals surface area contributed by atoms with Gasteiger partial charge in [-0.2, -0.15) is 8.42 Å². The smallest absolute Gasteiger partial charge is 0.320 e. The van der Waals surface area contributed by atoms with E-state index in [0.29, 0.717) is 24.3 Å². The van der Waals surface area contributed by atoms with Crippen LogP contribution in [0.1, 0.15) is 6.42 Å². The molecule has 0 fully saturated rings. The highest BCUT2D eigenvalue weighted by Crippen LogP contribution is 2.45. The summed E-state index contributed by atoms with van der Waals surface area (Å²) >= 11 is 0. The van der Waals surface area contributed by atoms with E-state index in [1.807, 2.05) is 0 Å². The Morgan fingerprint density at radius 1 is 1.04 bits per heavy atom. The quantitative estimate of drug-likeness (QED) is 0.799. The molecule has 0 aromatic heterocycles. The minimum absolute atomic E-state index is 0. The van der Waals surface area contributed by atoms with E-state index in [4.69, 9.17) is 0 Å². The van der Waals surface area contributed by atoms with Gasteiger partial charge in [0.25, 0.3) is 0 Å². The van der Waals surface area contributed by atoms with Gasteiger partial charge in [-0.25, -0.2) is 13.1 Å². The van der Waals surface area contributed by atoms with E-state index < -0.39 is 21.8 Å². The lowest BCUT2D eigenvalue weighted by Crippen LogP contribution is -2.37. The Bertz CT molecular complexity index is 864. The van der Waals surface area contributed by atoms with Crippen molar-refractivity contribution in [1.82, 2.24) is 5.32 Å². The SMILES string of the molecule is CNCCCN1c2ccccc2N(c2cc(F)ccc2F)S1(=O)=O.Cl. The highest BCUT2D eigenvalue weighted by Gasteiger charge is 2.41. The second-order valence-corrected chi connectivity index (χ2v) is 7.09. The van der Waals surface area contributed by atoms with E-state index >= 15 is 0 Å². The fourth-order valence-corrected chi connectivity index (χ4v) is 4.48. The average Bonchev–Trinajstić information content (AvgIpc) is 2.77. The lowest BCUT2D eigenvalue weighted by molar-refractivity contribution is 0.585. The third kappa shape index (κ3) is 3.42. The van der Waals surface area contributed by atoms with Gasteiger partial charge in [0.1, 0.15) is 11.6 Å². The topological polar surface area (TPSA) is 52.6 Å². The summed E-state index contributed by atoms with van der Waals surface area (Å²) in [6.07, 6.45) is 0.587. The Balaban J connectivity index is 0.00000225. The summed E-state index contributed by atoms with van der Waals surface area (Å²) in [5.41, 5.74) is 0.447. The molecular weight excluding hydrogens is 372 g/mol. The molecule has 0 amide bonds. The van der Waals surface area contributed by atoms with Crippen LogP contribution in [0.25, 0.3) is 0 Å². The number of nitrogens with zero attached hydrogens (tertiary/aromatic N) is 2. The van der Waals surface area contributed by atoms with Crippen molar-refractivity contribution < 1.29 is 17.2 Å². The molecule has 1 aliphatic rings. The van der Waals surface area contributed by atoms with Crippen molar-refractivity contribution in [3.63, 3.8) is 0 Å². The molecule has 25 heavy (non-hydrogen) atoms. The van der Waals surface area contributed by atoms with Gasteiger partial charge >= 0.3 is 10.2 Å². The first-order valence-corrected chi connectivity index (χ1v) is 8.88. The van der Waals surface area contributed by atoms with Gasteiger partial charge in [-0.3, -0.25) is 4.31 Å². The lowest BCUT2D eigenvalue weighted by Gasteiger charge is -2.22. The molecule has 5 nitrogen and oxygen atoms in total. The van der Waals surface area contributed by atoms with Crippen LogP contribution in [-0.4, -0.2) is 28.6 Å². The highest BCUT2D eigenvalue weighted by molar-refractivity contribution is 7.95. The van der Waals surface area contributed by atoms with E-state index in [2.05, 4.69) is 5.32 Å². The van der Waals surface area contributed by atoms with Gasteiger partial charge in [-0.1, -0.05) is 12.1 Å². The van der Waals surface area contributed by atoms with E-state index in [1.54, 1.807) is 31.3 Å². The standard InChI is InChI=1S/C16H17F2N3O2S.ClH/c1-19-9-4-10-20-14-5-2-3-6-15(14)21(24(20,22)23)16-11-12(17)7-8-13(16)18;/h2-3,5-8,11,19H,4,9-10H2,1H3;1H. The van der Waals surface area contributed by atoms with Crippen molar-refractivity contribution >= 4 is 39.7 Å². The minimum Gasteiger partial charge on any atom is -0.320 e. The predicted octanol–water partition coefficient (Wildman–Crippen LogP) is 3.20. The number of halogens is 3. The summed E-state index contributed by atoms with van der Waals surface area (Å²) in [4.78, 5) is 0. The first-order chi connectivity index (χ1) is 11.5. The number of nitrogens with one attached hydrogen (secondary N) is 1. The average molecular weight is 390 g/mol. The van der Waals surface area contributed by atoms with Crippen LogP contribution in [0.4, 0.5) is 25.8 Å². The van der Waals surface area contributed by atoms with Crippen molar-refractivity contribution in [3.8, 4) is 0 Å². The Kier molecular flexibility index (Phi) is 5.87. The summed E-state index contributed by atoms with van der Waals surface area (Å²) < 4.78 is 55.7. The van der Waals surface area contributed by atoms with Crippen LogP contribution in [0.5, 0.6) is 0 Å². The predicted molar refractivity (Wildman–Crippen MR) is 97.0 cm³/mol. The second kappa shape index (κ2) is 7.55. The molecule has 0 spiro atoms. The molecule has 136 valence electrons. The highest BCUT2D eigenvalue weighted by atomic mass is 35.5. The van der Waals surface area contributed by atoms with Crippen molar-refractivity contribution in [2.75, 3.05) is 28.7 Å². The molecule has 0 saturated heterocycles. The van der Waals surface area contributed by atoms with E-state index in [-0.39, 0.29) is 24.6 Å². The Morgan fingerprint density at radius 2 is 1.72 bits per heavy atom. The monoisotopic (exact) mass is 389 g/mol. The van der Waals surface area contributed by atoms with Crippen LogP contribution in [0.15, 0.2) is 42.5 Å². The molecule has 1 aliphatic heterocycles. The molecule has 2 aromatic rings. The number of benzene rings is 2. The molecule has 0 aliphatic carbocycles. The van der Waals surface area contributed by atoms with Gasteiger partial charge in [0.15, 0.2) is 0 Å². The molecule has 0 unspecified atom stereocenters. The fraction of sp³-hybridized carbons (Fsp3) is 0.250. The van der Waals surface area contributed by atoms with Crippen LogP contribution in [0, 0.1) is 11.6 Å². The Hall–Kier alpha value is -1.90. The summed E-state index contributed by atoms with van der Waals surface area (Å²) in [5.74, 6) is -1.50. The molecule has 0 bridgehead atoms. The van der Waals surface area contributed by atoms with Gasteiger partial charge in [-0.05, 0) is 44.3 Å². The molecule has 0 saturated carbocycles. The van der Waals surface area contributed by atoms with Crippen LogP contribution in [-0.2, 0) is 10.2 Å². The molecule has 0 radical (unpaired) electrons. The van der Waals surface area contributed by atoms with E-state index in [1.165, 1.54) is 4.31 Å². The van der Waals surface area contributed by atoms with Crippen molar-refractivity contribution in [3.05, 3.63) is 54.1 Å². The number of para-hydroxylation sites is 2. The number of anilines is 3. The van der Waals surface area contributed by atoms with Gasteiger partial charge in [-0.15, -0.1) is 12.4 Å². The zero-order chi connectivity index (χ0) is 17.3. The molecule has 0 atom stereocenters. The molecular formula is C16H18ClF2N3O2S. The van der Waals surface area contributed by atoms with Gasteiger partial charge in [0, 0.05) is 12.6 Å². The number of fused-ring (bicyclic) bond motifs is 1. The molecule has 1 heterocycles. The molecule has 3 rings (SSSR count). The summed E-state index contributed by atoms with van der Waals surface area (Å²) in [6.45, 7) is 0.885. The van der Waals surface area contributed by atoms with Crippen molar-refractivity contribution in [2.24, 2.45) is 0 Å². The zero-order valence-electron chi connectivity index (χ0n) is 13.4. The van der Waals surface area contributed by atoms with Crippen molar-refractivity contribution in [1.29, 1.82) is 0 Å². The summed E-state index contributed by atoms with van der Waals surface area (Å²) in [6, 6.07) is 9.38. The number of hydrogen-bond donors (Lipinski definition) is 1. The maximum absolute atomic E-state index is 14.2. The second-order valence-electron chi connectivity index (χ2n) is 5.39. The maximum Gasteiger partial charge on any atom is 0.331 e. The third-order valence-corrected chi connectivity index (χ3v) is 5.58. The number of rotatable bonds is 5. The maximum atomic E-state index is 14.2. The van der Waals surface area contributed by atoms with Crippen LogP contribution in [0.3, 0.4) is 0 Å².